The number of ether oxygens (including phenoxy) is 1. The lowest BCUT2D eigenvalue weighted by molar-refractivity contribution is -0.137. The number of aliphatic hydroxyl groups is 1. The molecule has 1 heterocycles. The SMILES string of the molecule is O=C1C=C(Nc2ccc(-c3ccc(OCc4ccccc4)cc3)cc2)C(=O)N1CCO. The van der Waals surface area contributed by atoms with Gasteiger partial charge < -0.3 is 15.2 Å². The molecule has 2 N–H and O–H groups in total. The Morgan fingerprint density at radius 3 is 2.13 bits per heavy atom. The molecular formula is C25H22N2O4. The highest BCUT2D eigenvalue weighted by molar-refractivity contribution is 6.17. The van der Waals surface area contributed by atoms with E-state index in [1.54, 1.807) is 0 Å². The van der Waals surface area contributed by atoms with Gasteiger partial charge in [-0.3, -0.25) is 14.5 Å². The summed E-state index contributed by atoms with van der Waals surface area (Å²) in [4.78, 5) is 25.1. The van der Waals surface area contributed by atoms with E-state index < -0.39 is 11.8 Å². The quantitative estimate of drug-likeness (QED) is 0.551. The Kier molecular flexibility index (Phi) is 6.10. The van der Waals surface area contributed by atoms with Gasteiger partial charge in [-0.15, -0.1) is 0 Å². The van der Waals surface area contributed by atoms with Crippen LogP contribution in [0.5, 0.6) is 5.75 Å². The summed E-state index contributed by atoms with van der Waals surface area (Å²) in [6.07, 6.45) is 1.25. The Bertz CT molecular complexity index is 1090. The van der Waals surface area contributed by atoms with Crippen LogP contribution in [0.1, 0.15) is 5.56 Å². The number of hydrogen-bond donors (Lipinski definition) is 2. The van der Waals surface area contributed by atoms with Crippen molar-refractivity contribution in [2.75, 3.05) is 18.5 Å². The van der Waals surface area contributed by atoms with Crippen molar-refractivity contribution in [1.29, 1.82) is 0 Å². The third-order valence-electron chi connectivity index (χ3n) is 4.93. The predicted octanol–water partition coefficient (Wildman–Crippen LogP) is 3.59. The second-order valence-electron chi connectivity index (χ2n) is 7.08. The van der Waals surface area contributed by atoms with Crippen molar-refractivity contribution < 1.29 is 19.4 Å². The van der Waals surface area contributed by atoms with Gasteiger partial charge in [0.05, 0.1) is 13.2 Å². The molecular weight excluding hydrogens is 392 g/mol. The van der Waals surface area contributed by atoms with Crippen LogP contribution < -0.4 is 10.1 Å². The van der Waals surface area contributed by atoms with E-state index in [1.807, 2.05) is 78.9 Å². The van der Waals surface area contributed by atoms with E-state index in [2.05, 4.69) is 5.32 Å². The maximum Gasteiger partial charge on any atom is 0.277 e. The maximum atomic E-state index is 12.2. The highest BCUT2D eigenvalue weighted by Gasteiger charge is 2.30. The molecule has 31 heavy (non-hydrogen) atoms. The summed E-state index contributed by atoms with van der Waals surface area (Å²) in [7, 11) is 0. The van der Waals surface area contributed by atoms with E-state index in [-0.39, 0.29) is 18.8 Å². The van der Waals surface area contributed by atoms with Gasteiger partial charge in [0.2, 0.25) is 0 Å². The van der Waals surface area contributed by atoms with Gasteiger partial charge in [-0.25, -0.2) is 0 Å². The molecule has 4 rings (SSSR count). The summed E-state index contributed by atoms with van der Waals surface area (Å²) in [5.74, 6) is -0.0587. The molecule has 3 aromatic carbocycles. The molecule has 0 spiro atoms. The zero-order chi connectivity index (χ0) is 21.6. The molecule has 0 saturated carbocycles. The number of anilines is 1. The molecule has 6 heteroatoms. The number of benzene rings is 3. The normalized spacial score (nSPS) is 13.3. The first-order valence-corrected chi connectivity index (χ1v) is 9.97. The van der Waals surface area contributed by atoms with Crippen LogP contribution >= 0.6 is 0 Å². The minimum Gasteiger partial charge on any atom is -0.489 e. The molecule has 0 fully saturated rings. The number of hydrogen-bond acceptors (Lipinski definition) is 5. The van der Waals surface area contributed by atoms with E-state index in [0.29, 0.717) is 12.3 Å². The first kappa shape index (κ1) is 20.4. The highest BCUT2D eigenvalue weighted by atomic mass is 16.5. The smallest absolute Gasteiger partial charge is 0.277 e. The summed E-state index contributed by atoms with van der Waals surface area (Å²) in [6.45, 7) is 0.250. The van der Waals surface area contributed by atoms with Crippen LogP contribution in [0.2, 0.25) is 0 Å². The van der Waals surface area contributed by atoms with Crippen LogP contribution in [-0.2, 0) is 16.2 Å². The predicted molar refractivity (Wildman–Crippen MR) is 118 cm³/mol. The van der Waals surface area contributed by atoms with Crippen molar-refractivity contribution in [2.24, 2.45) is 0 Å². The number of rotatable bonds is 8. The van der Waals surface area contributed by atoms with Crippen LogP contribution in [0, 0.1) is 0 Å². The number of β-amino-alcohol motifs (C(OH)–C–C–N with tert-alkyl or cyclic N) is 1. The zero-order valence-corrected chi connectivity index (χ0v) is 16.8. The van der Waals surface area contributed by atoms with Crippen molar-refractivity contribution in [3.63, 3.8) is 0 Å². The van der Waals surface area contributed by atoms with E-state index in [4.69, 9.17) is 9.84 Å². The Morgan fingerprint density at radius 2 is 1.48 bits per heavy atom. The lowest BCUT2D eigenvalue weighted by atomic mass is 10.1. The molecule has 0 aromatic heterocycles. The lowest BCUT2D eigenvalue weighted by Crippen LogP contribution is -2.34. The van der Waals surface area contributed by atoms with Crippen molar-refractivity contribution in [2.45, 2.75) is 6.61 Å². The van der Waals surface area contributed by atoms with Crippen LogP contribution in [0.4, 0.5) is 5.69 Å². The number of nitrogens with zero attached hydrogens (tertiary/aromatic N) is 1. The molecule has 0 saturated heterocycles. The Morgan fingerprint density at radius 1 is 0.839 bits per heavy atom. The van der Waals surface area contributed by atoms with Crippen LogP contribution in [-0.4, -0.2) is 35.0 Å². The first-order chi connectivity index (χ1) is 15.1. The largest absolute Gasteiger partial charge is 0.489 e. The molecule has 0 aliphatic carbocycles. The fourth-order valence-electron chi connectivity index (χ4n) is 3.30. The number of carbonyl (C=O) groups is 2. The molecule has 0 bridgehead atoms. The fraction of sp³-hybridized carbons (Fsp3) is 0.120. The van der Waals surface area contributed by atoms with Gasteiger partial charge in [-0.2, -0.15) is 0 Å². The minimum atomic E-state index is -0.436. The van der Waals surface area contributed by atoms with Gasteiger partial charge in [-0.1, -0.05) is 54.6 Å². The van der Waals surface area contributed by atoms with Crippen molar-refractivity contribution in [3.8, 4) is 16.9 Å². The topological polar surface area (TPSA) is 78.9 Å². The molecule has 1 aliphatic heterocycles. The number of nitrogens with one attached hydrogen (secondary N) is 1. The molecule has 3 aromatic rings. The molecule has 1 aliphatic rings. The van der Waals surface area contributed by atoms with E-state index in [1.165, 1.54) is 6.08 Å². The second-order valence-corrected chi connectivity index (χ2v) is 7.08. The Labute approximate surface area is 180 Å². The van der Waals surface area contributed by atoms with Gasteiger partial charge in [0.1, 0.15) is 18.1 Å². The number of aliphatic hydroxyl groups excluding tert-OH is 1. The van der Waals surface area contributed by atoms with E-state index >= 15 is 0 Å². The molecule has 2 amide bonds. The molecule has 0 unspecified atom stereocenters. The first-order valence-electron chi connectivity index (χ1n) is 9.97. The van der Waals surface area contributed by atoms with Crippen LogP contribution in [0.25, 0.3) is 11.1 Å². The lowest BCUT2D eigenvalue weighted by Gasteiger charge is -2.13. The molecule has 0 radical (unpaired) electrons. The van der Waals surface area contributed by atoms with Crippen molar-refractivity contribution >= 4 is 17.5 Å². The van der Waals surface area contributed by atoms with Crippen molar-refractivity contribution in [3.05, 3.63) is 96.2 Å². The van der Waals surface area contributed by atoms with Gasteiger partial charge in [0.15, 0.2) is 0 Å². The standard InChI is InChI=1S/C25H22N2O4/c28-15-14-27-24(29)16-23(25(27)30)26-21-10-6-19(7-11-21)20-8-12-22(13-9-20)31-17-18-4-2-1-3-5-18/h1-13,16,26,28H,14-15,17H2. The monoisotopic (exact) mass is 414 g/mol. The highest BCUT2D eigenvalue weighted by Crippen LogP contribution is 2.25. The second kappa shape index (κ2) is 9.28. The number of imide groups is 1. The average Bonchev–Trinajstić information content (AvgIpc) is 3.07. The van der Waals surface area contributed by atoms with Crippen LogP contribution in [0.3, 0.4) is 0 Å². The van der Waals surface area contributed by atoms with Gasteiger partial charge >= 0.3 is 0 Å². The van der Waals surface area contributed by atoms with E-state index in [9.17, 15) is 9.59 Å². The molecule has 156 valence electrons. The third kappa shape index (κ3) is 4.82. The summed E-state index contributed by atoms with van der Waals surface area (Å²) in [6, 6.07) is 25.5. The van der Waals surface area contributed by atoms with Crippen LogP contribution in [0.15, 0.2) is 90.6 Å². The molecule has 0 atom stereocenters. The summed E-state index contributed by atoms with van der Waals surface area (Å²) in [5.41, 5.74) is 4.08. The fourth-order valence-corrected chi connectivity index (χ4v) is 3.30. The molecule has 6 nitrogen and oxygen atoms in total. The van der Waals surface area contributed by atoms with Gasteiger partial charge in [0, 0.05) is 11.8 Å². The number of carbonyl (C=O) groups excluding carboxylic acids is 2. The summed E-state index contributed by atoms with van der Waals surface area (Å²) in [5, 5.41) is 12.0. The zero-order valence-electron chi connectivity index (χ0n) is 16.8. The Hall–Kier alpha value is -3.90. The Balaban J connectivity index is 1.37. The van der Waals surface area contributed by atoms with Crippen molar-refractivity contribution in [1.82, 2.24) is 4.90 Å². The average molecular weight is 414 g/mol. The minimum absolute atomic E-state index is 0.0106. The maximum absolute atomic E-state index is 12.2. The van der Waals surface area contributed by atoms with Gasteiger partial charge in [0.25, 0.3) is 11.8 Å². The third-order valence-corrected chi connectivity index (χ3v) is 4.93. The summed E-state index contributed by atoms with van der Waals surface area (Å²) >= 11 is 0. The van der Waals surface area contributed by atoms with E-state index in [0.717, 1.165) is 27.3 Å². The van der Waals surface area contributed by atoms with Gasteiger partial charge in [-0.05, 0) is 41.0 Å². The number of amides is 2. The summed E-state index contributed by atoms with van der Waals surface area (Å²) < 4.78 is 5.83.